The summed E-state index contributed by atoms with van der Waals surface area (Å²) in [5, 5.41) is 2.57. The van der Waals surface area contributed by atoms with Crippen LogP contribution in [0.25, 0.3) is 0 Å². The number of hydrogen-bond donors (Lipinski definition) is 1. The lowest BCUT2D eigenvalue weighted by molar-refractivity contribution is -0.137. The Kier molecular flexibility index (Phi) is 6.62. The predicted octanol–water partition coefficient (Wildman–Crippen LogP) is 4.80. The average molecular weight is 482 g/mol. The van der Waals surface area contributed by atoms with Crippen molar-refractivity contribution >= 4 is 11.8 Å². The summed E-state index contributed by atoms with van der Waals surface area (Å²) in [7, 11) is 0. The van der Waals surface area contributed by atoms with E-state index in [1.165, 1.54) is 17.0 Å². The summed E-state index contributed by atoms with van der Waals surface area (Å²) in [5.41, 5.74) is -2.08. The fraction of sp³-hybridized carbons (Fsp3) is 0.417. The van der Waals surface area contributed by atoms with Crippen molar-refractivity contribution in [3.63, 3.8) is 0 Å². The van der Waals surface area contributed by atoms with Crippen molar-refractivity contribution in [2.45, 2.75) is 56.6 Å². The van der Waals surface area contributed by atoms with Gasteiger partial charge in [-0.1, -0.05) is 18.6 Å². The summed E-state index contributed by atoms with van der Waals surface area (Å²) in [6.07, 6.45) is -1.19. The van der Waals surface area contributed by atoms with Crippen molar-refractivity contribution in [1.29, 1.82) is 0 Å². The van der Waals surface area contributed by atoms with Crippen molar-refractivity contribution in [3.05, 3.63) is 70.8 Å². The molecular weight excluding hydrogens is 459 g/mol. The maximum absolute atomic E-state index is 14.4. The molecule has 2 aromatic carbocycles. The number of carbonyl (C=O) groups excluding carboxylic acids is 2. The van der Waals surface area contributed by atoms with Gasteiger partial charge in [0.25, 0.3) is 5.91 Å². The molecule has 1 aliphatic heterocycles. The molecule has 1 atom stereocenters. The molecule has 2 fully saturated rings. The standard InChI is InChI=1S/C24H23F5N2O3/c25-17-7-8-18(19(26)12-17)22(33)31-20(14-34-23(31)9-2-1-3-10-23)21(32)30-13-15-5-4-6-16(11-15)24(27,28)29/h4-8,11-12,20H,1-3,9-10,13-14H2,(H,30,32)/t20-/m1/s1. The first-order chi connectivity index (χ1) is 16.1. The Labute approximate surface area is 192 Å². The van der Waals surface area contributed by atoms with Crippen LogP contribution in [0.5, 0.6) is 0 Å². The quantitative estimate of drug-likeness (QED) is 0.637. The van der Waals surface area contributed by atoms with E-state index in [0.717, 1.165) is 43.5 Å². The minimum atomic E-state index is -4.52. The highest BCUT2D eigenvalue weighted by Crippen LogP contribution is 2.41. The molecule has 1 saturated heterocycles. The molecular formula is C24H23F5N2O3. The van der Waals surface area contributed by atoms with E-state index >= 15 is 0 Å². The lowest BCUT2D eigenvalue weighted by atomic mass is 9.89. The highest BCUT2D eigenvalue weighted by atomic mass is 19.4. The van der Waals surface area contributed by atoms with Gasteiger partial charge in [-0.25, -0.2) is 8.78 Å². The zero-order chi connectivity index (χ0) is 24.5. The Balaban J connectivity index is 1.57. The lowest BCUT2D eigenvalue weighted by Crippen LogP contribution is -2.56. The highest BCUT2D eigenvalue weighted by Gasteiger charge is 2.53. The second kappa shape index (κ2) is 9.32. The molecule has 182 valence electrons. The Hall–Kier alpha value is -3.01. The predicted molar refractivity (Wildman–Crippen MR) is 111 cm³/mol. The van der Waals surface area contributed by atoms with Gasteiger partial charge >= 0.3 is 6.18 Å². The van der Waals surface area contributed by atoms with E-state index in [4.69, 9.17) is 4.74 Å². The largest absolute Gasteiger partial charge is 0.416 e. The van der Waals surface area contributed by atoms with Gasteiger partial charge in [0.15, 0.2) is 0 Å². The maximum Gasteiger partial charge on any atom is 0.416 e. The van der Waals surface area contributed by atoms with E-state index in [1.54, 1.807) is 0 Å². The number of benzene rings is 2. The summed E-state index contributed by atoms with van der Waals surface area (Å²) in [6.45, 7) is -0.331. The summed E-state index contributed by atoms with van der Waals surface area (Å²) >= 11 is 0. The first-order valence-corrected chi connectivity index (χ1v) is 11.0. The summed E-state index contributed by atoms with van der Waals surface area (Å²) in [5.74, 6) is -3.31. The summed E-state index contributed by atoms with van der Waals surface area (Å²) < 4.78 is 72.7. The molecule has 5 nitrogen and oxygen atoms in total. The third-order valence-electron chi connectivity index (χ3n) is 6.30. The van der Waals surface area contributed by atoms with Gasteiger partial charge in [0.2, 0.25) is 5.91 Å². The van der Waals surface area contributed by atoms with Crippen molar-refractivity contribution < 1.29 is 36.3 Å². The topological polar surface area (TPSA) is 58.6 Å². The normalized spacial score (nSPS) is 19.9. The molecule has 1 spiro atoms. The molecule has 1 aliphatic carbocycles. The first-order valence-electron chi connectivity index (χ1n) is 11.0. The van der Waals surface area contributed by atoms with E-state index < -0.39 is 47.0 Å². The number of halogens is 5. The zero-order valence-corrected chi connectivity index (χ0v) is 18.1. The number of alkyl halides is 3. The van der Waals surface area contributed by atoms with Gasteiger partial charge in [0.05, 0.1) is 17.7 Å². The van der Waals surface area contributed by atoms with Crippen LogP contribution >= 0.6 is 0 Å². The summed E-state index contributed by atoms with van der Waals surface area (Å²) in [6, 6.07) is 6.03. The van der Waals surface area contributed by atoms with Gasteiger partial charge in [-0.05, 0) is 55.5 Å². The SMILES string of the molecule is O=C(NCc1cccc(C(F)(F)F)c1)[C@H]1COC2(CCCCC2)N1C(=O)c1ccc(F)cc1F. The average Bonchev–Trinajstić information content (AvgIpc) is 3.15. The minimum Gasteiger partial charge on any atom is -0.353 e. The number of hydrogen-bond acceptors (Lipinski definition) is 3. The molecule has 2 aromatic rings. The van der Waals surface area contributed by atoms with Crippen LogP contribution in [0.2, 0.25) is 0 Å². The molecule has 2 amide bonds. The Morgan fingerprint density at radius 3 is 2.47 bits per heavy atom. The van der Waals surface area contributed by atoms with Crippen molar-refractivity contribution in [2.24, 2.45) is 0 Å². The van der Waals surface area contributed by atoms with Gasteiger partial charge in [0.1, 0.15) is 23.4 Å². The Morgan fingerprint density at radius 2 is 1.79 bits per heavy atom. The number of ether oxygens (including phenoxy) is 1. The third kappa shape index (κ3) is 4.77. The number of nitrogens with zero attached hydrogens (tertiary/aromatic N) is 1. The van der Waals surface area contributed by atoms with Gasteiger partial charge in [-0.15, -0.1) is 0 Å². The van der Waals surface area contributed by atoms with E-state index in [2.05, 4.69) is 5.32 Å². The first kappa shape index (κ1) is 24.1. The number of amides is 2. The molecule has 4 rings (SSSR count). The van der Waals surface area contributed by atoms with Gasteiger partial charge in [0, 0.05) is 12.6 Å². The lowest BCUT2D eigenvalue weighted by Gasteiger charge is -2.41. The third-order valence-corrected chi connectivity index (χ3v) is 6.30. The van der Waals surface area contributed by atoms with Crippen LogP contribution in [0.1, 0.15) is 53.6 Å². The molecule has 34 heavy (non-hydrogen) atoms. The van der Waals surface area contributed by atoms with Crippen molar-refractivity contribution in [3.8, 4) is 0 Å². The smallest absolute Gasteiger partial charge is 0.353 e. The number of carbonyl (C=O) groups is 2. The van der Waals surface area contributed by atoms with Crippen LogP contribution in [-0.4, -0.2) is 35.1 Å². The molecule has 2 aliphatic rings. The zero-order valence-electron chi connectivity index (χ0n) is 18.1. The van der Waals surface area contributed by atoms with E-state index in [-0.39, 0.29) is 24.3 Å². The second-order valence-corrected chi connectivity index (χ2v) is 8.55. The van der Waals surface area contributed by atoms with Crippen molar-refractivity contribution in [2.75, 3.05) is 6.61 Å². The van der Waals surface area contributed by atoms with Gasteiger partial charge in [-0.2, -0.15) is 13.2 Å². The molecule has 1 heterocycles. The second-order valence-electron chi connectivity index (χ2n) is 8.55. The van der Waals surface area contributed by atoms with Crippen LogP contribution in [0, 0.1) is 11.6 Å². The molecule has 1 saturated carbocycles. The van der Waals surface area contributed by atoms with Crippen LogP contribution in [0.4, 0.5) is 22.0 Å². The fourth-order valence-corrected chi connectivity index (χ4v) is 4.63. The molecule has 0 unspecified atom stereocenters. The fourth-order valence-electron chi connectivity index (χ4n) is 4.63. The number of rotatable bonds is 4. The van der Waals surface area contributed by atoms with Gasteiger partial charge < -0.3 is 10.1 Å². The molecule has 0 bridgehead atoms. The van der Waals surface area contributed by atoms with Crippen LogP contribution < -0.4 is 5.32 Å². The van der Waals surface area contributed by atoms with Crippen molar-refractivity contribution in [1.82, 2.24) is 10.2 Å². The van der Waals surface area contributed by atoms with Crippen LogP contribution in [0.15, 0.2) is 42.5 Å². The monoisotopic (exact) mass is 482 g/mol. The summed E-state index contributed by atoms with van der Waals surface area (Å²) in [4.78, 5) is 27.7. The van der Waals surface area contributed by atoms with E-state index in [0.29, 0.717) is 18.9 Å². The Bertz CT molecular complexity index is 1080. The van der Waals surface area contributed by atoms with E-state index in [1.807, 2.05) is 0 Å². The molecule has 1 N–H and O–H groups in total. The number of nitrogens with one attached hydrogen (secondary N) is 1. The Morgan fingerprint density at radius 1 is 1.06 bits per heavy atom. The van der Waals surface area contributed by atoms with Gasteiger partial charge in [-0.3, -0.25) is 14.5 Å². The molecule has 0 aromatic heterocycles. The van der Waals surface area contributed by atoms with Crippen LogP contribution in [0.3, 0.4) is 0 Å². The molecule has 10 heteroatoms. The minimum absolute atomic E-state index is 0.136. The van der Waals surface area contributed by atoms with E-state index in [9.17, 15) is 31.5 Å². The van der Waals surface area contributed by atoms with Crippen LogP contribution in [-0.2, 0) is 22.3 Å². The molecule has 0 radical (unpaired) electrons. The maximum atomic E-state index is 14.4. The highest BCUT2D eigenvalue weighted by molar-refractivity contribution is 5.98.